The number of hydrogen-bond acceptors (Lipinski definition) is 4. The molecular formula is C15H21N5O. The lowest BCUT2D eigenvalue weighted by atomic mass is 10.0. The second kappa shape index (κ2) is 6.39. The molecule has 0 saturated carbocycles. The minimum absolute atomic E-state index is 0.118. The van der Waals surface area contributed by atoms with Gasteiger partial charge in [0.25, 0.3) is 0 Å². The zero-order valence-electron chi connectivity index (χ0n) is 12.7. The standard InChI is InChI=1S/C15H21N5O/c1-4-13-17-14(5-2)20(18-13)9-12-7-6-11(8-10(12)3)15(16)19-21/h6-8,21H,4-5,9H2,1-3H3,(H2,16,19). The summed E-state index contributed by atoms with van der Waals surface area (Å²) in [5.74, 6) is 1.98. The van der Waals surface area contributed by atoms with Crippen LogP contribution < -0.4 is 5.73 Å². The normalized spacial score (nSPS) is 11.9. The molecular weight excluding hydrogens is 266 g/mol. The van der Waals surface area contributed by atoms with Crippen LogP contribution in [0.1, 0.15) is 42.2 Å². The van der Waals surface area contributed by atoms with Crippen LogP contribution in [0.2, 0.25) is 0 Å². The van der Waals surface area contributed by atoms with Gasteiger partial charge >= 0.3 is 0 Å². The number of aryl methyl sites for hydroxylation is 3. The van der Waals surface area contributed by atoms with Crippen molar-refractivity contribution in [3.05, 3.63) is 46.5 Å². The van der Waals surface area contributed by atoms with Gasteiger partial charge in [-0.25, -0.2) is 9.67 Å². The number of nitrogens with zero attached hydrogens (tertiary/aromatic N) is 4. The van der Waals surface area contributed by atoms with Gasteiger partial charge in [-0.15, -0.1) is 0 Å². The molecule has 1 heterocycles. The molecule has 3 N–H and O–H groups in total. The quantitative estimate of drug-likeness (QED) is 0.380. The number of rotatable bonds is 5. The van der Waals surface area contributed by atoms with Crippen LogP contribution in [-0.2, 0) is 19.4 Å². The zero-order valence-corrected chi connectivity index (χ0v) is 12.7. The third-order valence-corrected chi connectivity index (χ3v) is 3.49. The molecule has 0 aliphatic carbocycles. The minimum atomic E-state index is 0.118. The van der Waals surface area contributed by atoms with E-state index >= 15 is 0 Å². The minimum Gasteiger partial charge on any atom is -0.409 e. The average Bonchev–Trinajstić information content (AvgIpc) is 2.90. The van der Waals surface area contributed by atoms with Crippen LogP contribution in [0, 0.1) is 6.92 Å². The molecule has 0 aliphatic rings. The molecule has 0 aliphatic heterocycles. The molecule has 2 aromatic rings. The van der Waals surface area contributed by atoms with E-state index in [0.29, 0.717) is 12.1 Å². The van der Waals surface area contributed by atoms with E-state index in [2.05, 4.69) is 29.1 Å². The summed E-state index contributed by atoms with van der Waals surface area (Å²) in [6.45, 7) is 6.82. The van der Waals surface area contributed by atoms with E-state index in [4.69, 9.17) is 10.9 Å². The van der Waals surface area contributed by atoms with Gasteiger partial charge in [-0.05, 0) is 24.1 Å². The summed E-state index contributed by atoms with van der Waals surface area (Å²) < 4.78 is 1.95. The summed E-state index contributed by atoms with van der Waals surface area (Å²) in [4.78, 5) is 4.51. The second-order valence-corrected chi connectivity index (χ2v) is 4.94. The highest BCUT2D eigenvalue weighted by Crippen LogP contribution is 2.14. The fourth-order valence-electron chi connectivity index (χ4n) is 2.22. The molecule has 0 unspecified atom stereocenters. The Hall–Kier alpha value is -2.37. The molecule has 0 bridgehead atoms. The predicted molar refractivity (Wildman–Crippen MR) is 81.6 cm³/mol. The number of oxime groups is 1. The second-order valence-electron chi connectivity index (χ2n) is 4.94. The maximum absolute atomic E-state index is 8.72. The van der Waals surface area contributed by atoms with Gasteiger partial charge < -0.3 is 10.9 Å². The maximum Gasteiger partial charge on any atom is 0.170 e. The number of hydrogen-bond donors (Lipinski definition) is 2. The summed E-state index contributed by atoms with van der Waals surface area (Å²) >= 11 is 0. The lowest BCUT2D eigenvalue weighted by molar-refractivity contribution is 0.318. The van der Waals surface area contributed by atoms with Crippen LogP contribution in [-0.4, -0.2) is 25.8 Å². The average molecular weight is 287 g/mol. The lowest BCUT2D eigenvalue weighted by Gasteiger charge is -2.09. The first-order valence-corrected chi connectivity index (χ1v) is 7.09. The fraction of sp³-hybridized carbons (Fsp3) is 0.400. The van der Waals surface area contributed by atoms with Crippen molar-refractivity contribution in [3.63, 3.8) is 0 Å². The Kier molecular flexibility index (Phi) is 4.57. The highest BCUT2D eigenvalue weighted by Gasteiger charge is 2.10. The van der Waals surface area contributed by atoms with Crippen LogP contribution in [0.4, 0.5) is 0 Å². The highest BCUT2D eigenvalue weighted by molar-refractivity contribution is 5.97. The maximum atomic E-state index is 8.72. The summed E-state index contributed by atoms with van der Waals surface area (Å²) in [5.41, 5.74) is 8.54. The molecule has 21 heavy (non-hydrogen) atoms. The Morgan fingerprint density at radius 2 is 2.10 bits per heavy atom. The monoisotopic (exact) mass is 287 g/mol. The number of nitrogens with two attached hydrogens (primary N) is 1. The van der Waals surface area contributed by atoms with Gasteiger partial charge in [-0.1, -0.05) is 31.1 Å². The van der Waals surface area contributed by atoms with Crippen LogP contribution in [0.3, 0.4) is 0 Å². The molecule has 2 rings (SSSR count). The van der Waals surface area contributed by atoms with Gasteiger partial charge in [0.15, 0.2) is 11.7 Å². The van der Waals surface area contributed by atoms with E-state index in [9.17, 15) is 0 Å². The van der Waals surface area contributed by atoms with Crippen LogP contribution >= 0.6 is 0 Å². The molecule has 0 radical (unpaired) electrons. The third-order valence-electron chi connectivity index (χ3n) is 3.49. The van der Waals surface area contributed by atoms with Crippen LogP contribution in [0.15, 0.2) is 23.4 Å². The molecule has 1 aromatic carbocycles. The van der Waals surface area contributed by atoms with E-state index < -0.39 is 0 Å². The predicted octanol–water partition coefficient (Wildman–Crippen LogP) is 1.85. The Labute approximate surface area is 124 Å². The van der Waals surface area contributed by atoms with E-state index in [1.54, 1.807) is 0 Å². The van der Waals surface area contributed by atoms with E-state index in [1.807, 2.05) is 29.8 Å². The number of amidine groups is 1. The van der Waals surface area contributed by atoms with Crippen molar-refractivity contribution in [1.82, 2.24) is 14.8 Å². The van der Waals surface area contributed by atoms with E-state index in [0.717, 1.165) is 35.6 Å². The van der Waals surface area contributed by atoms with Crippen LogP contribution in [0.25, 0.3) is 0 Å². The largest absolute Gasteiger partial charge is 0.409 e. The first kappa shape index (κ1) is 15.0. The molecule has 0 atom stereocenters. The van der Waals surface area contributed by atoms with Crippen molar-refractivity contribution in [3.8, 4) is 0 Å². The van der Waals surface area contributed by atoms with Crippen molar-refractivity contribution < 1.29 is 5.21 Å². The van der Waals surface area contributed by atoms with Crippen molar-refractivity contribution >= 4 is 5.84 Å². The molecule has 0 fully saturated rings. The van der Waals surface area contributed by atoms with Crippen LogP contribution in [0.5, 0.6) is 0 Å². The highest BCUT2D eigenvalue weighted by atomic mass is 16.4. The van der Waals surface area contributed by atoms with Gasteiger partial charge in [-0.3, -0.25) is 0 Å². The smallest absolute Gasteiger partial charge is 0.170 e. The van der Waals surface area contributed by atoms with Gasteiger partial charge in [0.05, 0.1) is 6.54 Å². The lowest BCUT2D eigenvalue weighted by Crippen LogP contribution is -2.14. The summed E-state index contributed by atoms with van der Waals surface area (Å²) in [7, 11) is 0. The van der Waals surface area contributed by atoms with Gasteiger partial charge in [0.1, 0.15) is 5.82 Å². The Morgan fingerprint density at radius 3 is 2.67 bits per heavy atom. The Balaban J connectivity index is 2.30. The first-order valence-electron chi connectivity index (χ1n) is 7.09. The SMILES string of the molecule is CCc1nc(CC)n(Cc2ccc(/C(N)=N/O)cc2C)n1. The number of aromatic nitrogens is 3. The summed E-state index contributed by atoms with van der Waals surface area (Å²) in [6, 6.07) is 5.74. The van der Waals surface area contributed by atoms with Gasteiger partial charge in [-0.2, -0.15) is 5.10 Å². The van der Waals surface area contributed by atoms with Crippen molar-refractivity contribution in [2.24, 2.45) is 10.9 Å². The van der Waals surface area contributed by atoms with Crippen molar-refractivity contribution in [2.45, 2.75) is 40.2 Å². The zero-order chi connectivity index (χ0) is 15.4. The Morgan fingerprint density at radius 1 is 1.33 bits per heavy atom. The van der Waals surface area contributed by atoms with Crippen molar-refractivity contribution in [2.75, 3.05) is 0 Å². The van der Waals surface area contributed by atoms with E-state index in [1.165, 1.54) is 0 Å². The molecule has 0 amide bonds. The topological polar surface area (TPSA) is 89.3 Å². The fourth-order valence-corrected chi connectivity index (χ4v) is 2.22. The molecule has 6 nitrogen and oxygen atoms in total. The Bertz CT molecular complexity index is 660. The van der Waals surface area contributed by atoms with Gasteiger partial charge in [0, 0.05) is 18.4 Å². The third kappa shape index (κ3) is 3.21. The van der Waals surface area contributed by atoms with E-state index in [-0.39, 0.29) is 5.84 Å². The molecule has 0 saturated heterocycles. The molecule has 0 spiro atoms. The number of benzene rings is 1. The molecule has 1 aromatic heterocycles. The molecule has 6 heteroatoms. The van der Waals surface area contributed by atoms with Crippen molar-refractivity contribution in [1.29, 1.82) is 0 Å². The summed E-state index contributed by atoms with van der Waals surface area (Å²) in [5, 5.41) is 16.3. The van der Waals surface area contributed by atoms with Gasteiger partial charge in [0.2, 0.25) is 0 Å². The summed E-state index contributed by atoms with van der Waals surface area (Å²) in [6.07, 6.45) is 1.69. The first-order chi connectivity index (χ1) is 10.1. The molecule has 112 valence electrons.